The van der Waals surface area contributed by atoms with Gasteiger partial charge in [-0.3, -0.25) is 4.79 Å². The van der Waals surface area contributed by atoms with E-state index in [9.17, 15) is 13.6 Å². The van der Waals surface area contributed by atoms with Crippen molar-refractivity contribution in [3.8, 4) is 0 Å². The molecule has 0 saturated carbocycles. The van der Waals surface area contributed by atoms with E-state index in [2.05, 4.69) is 37.4 Å². The first-order chi connectivity index (χ1) is 8.86. The molecule has 0 spiro atoms. The molecule has 0 aromatic heterocycles. The van der Waals surface area contributed by atoms with Crippen molar-refractivity contribution in [3.05, 3.63) is 34.9 Å². The third-order valence-electron chi connectivity index (χ3n) is 2.49. The zero-order valence-corrected chi connectivity index (χ0v) is 11.7. The molecule has 0 radical (unpaired) electrons. The van der Waals surface area contributed by atoms with Crippen molar-refractivity contribution >= 4 is 5.91 Å². The Kier molecular flexibility index (Phi) is 8.70. The predicted octanol–water partition coefficient (Wildman–Crippen LogP) is 2.19. The van der Waals surface area contributed by atoms with Crippen molar-refractivity contribution in [1.82, 2.24) is 5.32 Å². The number of halogens is 2. The summed E-state index contributed by atoms with van der Waals surface area (Å²) in [6, 6.07) is 6.36. The van der Waals surface area contributed by atoms with Crippen molar-refractivity contribution in [2.75, 3.05) is 13.1 Å². The van der Waals surface area contributed by atoms with Crippen LogP contribution in [0.3, 0.4) is 0 Å². The molecule has 1 amide bonds. The molecular weight excluding hydrogens is 250 g/mol. The van der Waals surface area contributed by atoms with E-state index >= 15 is 0 Å². The Hall–Kier alpha value is -1.49. The number of nitrogens with two attached hydrogens (primary N) is 1. The highest BCUT2D eigenvalue weighted by Gasteiger charge is 1.98. The Morgan fingerprint density at radius 1 is 1.32 bits per heavy atom. The van der Waals surface area contributed by atoms with Gasteiger partial charge in [-0.1, -0.05) is 18.2 Å². The van der Waals surface area contributed by atoms with Crippen molar-refractivity contribution in [2.45, 2.75) is 33.6 Å². The SMILES string of the molecule is CC(F)F.Cc1ccc(CCNC(=O)CN)cc1C. The van der Waals surface area contributed by atoms with E-state index in [1.54, 1.807) is 0 Å². The summed E-state index contributed by atoms with van der Waals surface area (Å²) in [5.41, 5.74) is 9.01. The van der Waals surface area contributed by atoms with E-state index in [1.165, 1.54) is 16.7 Å². The Balaban J connectivity index is 0.000000711. The number of hydrogen-bond acceptors (Lipinski definition) is 2. The van der Waals surface area contributed by atoms with Gasteiger partial charge < -0.3 is 11.1 Å². The van der Waals surface area contributed by atoms with Crippen LogP contribution in [-0.2, 0) is 11.2 Å². The fraction of sp³-hybridized carbons (Fsp3) is 0.500. The molecule has 108 valence electrons. The lowest BCUT2D eigenvalue weighted by Gasteiger charge is -2.06. The molecule has 0 bridgehead atoms. The summed E-state index contributed by atoms with van der Waals surface area (Å²) in [7, 11) is 0. The number of carbonyl (C=O) groups excluding carboxylic acids is 1. The molecule has 19 heavy (non-hydrogen) atoms. The smallest absolute Gasteiger partial charge is 0.235 e. The fourth-order valence-electron chi connectivity index (χ4n) is 1.38. The molecule has 0 aliphatic carbocycles. The number of benzene rings is 1. The predicted molar refractivity (Wildman–Crippen MR) is 73.4 cm³/mol. The summed E-state index contributed by atoms with van der Waals surface area (Å²) in [5, 5.41) is 2.75. The van der Waals surface area contributed by atoms with E-state index in [0.29, 0.717) is 6.54 Å². The van der Waals surface area contributed by atoms with Gasteiger partial charge in [-0.05, 0) is 43.9 Å². The summed E-state index contributed by atoms with van der Waals surface area (Å²) in [6.45, 7) is 5.73. The Labute approximate surface area is 113 Å². The summed E-state index contributed by atoms with van der Waals surface area (Å²) in [4.78, 5) is 10.9. The van der Waals surface area contributed by atoms with E-state index in [-0.39, 0.29) is 12.5 Å². The highest BCUT2D eigenvalue weighted by Crippen LogP contribution is 2.09. The molecule has 0 saturated heterocycles. The standard InChI is InChI=1S/C12H18N2O.C2H4F2/c1-9-3-4-11(7-10(9)2)5-6-14-12(15)8-13;1-2(3)4/h3-4,7H,5-6,8,13H2,1-2H3,(H,14,15);2H,1H3. The molecule has 1 aromatic rings. The van der Waals surface area contributed by atoms with Gasteiger partial charge in [0.1, 0.15) is 0 Å². The second-order valence-electron chi connectivity index (χ2n) is 4.24. The maximum atomic E-state index is 10.9. The molecule has 0 heterocycles. The zero-order chi connectivity index (χ0) is 14.8. The number of amides is 1. The van der Waals surface area contributed by atoms with E-state index in [4.69, 9.17) is 5.73 Å². The van der Waals surface area contributed by atoms with Crippen LogP contribution >= 0.6 is 0 Å². The van der Waals surface area contributed by atoms with Crippen LogP contribution in [-0.4, -0.2) is 25.4 Å². The molecule has 0 aliphatic heterocycles. The molecule has 3 nitrogen and oxygen atoms in total. The van der Waals surface area contributed by atoms with Crippen LogP contribution in [0.5, 0.6) is 0 Å². The number of hydrogen-bond donors (Lipinski definition) is 2. The zero-order valence-electron chi connectivity index (χ0n) is 11.7. The maximum Gasteiger partial charge on any atom is 0.235 e. The van der Waals surface area contributed by atoms with Crippen LogP contribution in [0.25, 0.3) is 0 Å². The summed E-state index contributed by atoms with van der Waals surface area (Å²) in [5.74, 6) is -0.0983. The van der Waals surface area contributed by atoms with Gasteiger partial charge in [0.15, 0.2) is 0 Å². The van der Waals surface area contributed by atoms with Crippen LogP contribution < -0.4 is 11.1 Å². The molecule has 1 aromatic carbocycles. The second-order valence-corrected chi connectivity index (χ2v) is 4.24. The Bertz CT molecular complexity index is 392. The Morgan fingerprint density at radius 2 is 1.89 bits per heavy atom. The first-order valence-corrected chi connectivity index (χ1v) is 6.17. The molecular formula is C14H22F2N2O. The van der Waals surface area contributed by atoms with Crippen molar-refractivity contribution in [3.63, 3.8) is 0 Å². The quantitative estimate of drug-likeness (QED) is 0.882. The fourth-order valence-corrected chi connectivity index (χ4v) is 1.38. The minimum absolute atomic E-state index is 0.0624. The van der Waals surface area contributed by atoms with Crippen molar-refractivity contribution < 1.29 is 13.6 Å². The lowest BCUT2D eigenvalue weighted by molar-refractivity contribution is -0.119. The van der Waals surface area contributed by atoms with Crippen molar-refractivity contribution in [1.29, 1.82) is 0 Å². The van der Waals surface area contributed by atoms with Gasteiger partial charge in [0.25, 0.3) is 0 Å². The summed E-state index contributed by atoms with van der Waals surface area (Å²) >= 11 is 0. The minimum Gasteiger partial charge on any atom is -0.355 e. The topological polar surface area (TPSA) is 55.1 Å². The maximum absolute atomic E-state index is 10.9. The van der Waals surface area contributed by atoms with E-state index < -0.39 is 6.43 Å². The first-order valence-electron chi connectivity index (χ1n) is 6.17. The molecule has 3 N–H and O–H groups in total. The first kappa shape index (κ1) is 17.5. The van der Waals surface area contributed by atoms with Gasteiger partial charge in [-0.2, -0.15) is 0 Å². The number of aryl methyl sites for hydroxylation is 2. The van der Waals surface area contributed by atoms with Crippen LogP contribution in [0.2, 0.25) is 0 Å². The molecule has 5 heteroatoms. The molecule has 0 atom stereocenters. The average Bonchev–Trinajstić information content (AvgIpc) is 2.32. The van der Waals surface area contributed by atoms with Crippen LogP contribution in [0, 0.1) is 13.8 Å². The number of carbonyl (C=O) groups is 1. The van der Waals surface area contributed by atoms with Crippen LogP contribution in [0.4, 0.5) is 8.78 Å². The summed E-state index contributed by atoms with van der Waals surface area (Å²) in [6.07, 6.45) is -1.31. The monoisotopic (exact) mass is 272 g/mol. The minimum atomic E-state index is -2.17. The van der Waals surface area contributed by atoms with Gasteiger partial charge in [-0.25, -0.2) is 8.78 Å². The van der Waals surface area contributed by atoms with Crippen LogP contribution in [0.15, 0.2) is 18.2 Å². The number of alkyl halides is 2. The average molecular weight is 272 g/mol. The largest absolute Gasteiger partial charge is 0.355 e. The highest BCUT2D eigenvalue weighted by molar-refractivity contribution is 5.77. The second kappa shape index (κ2) is 9.44. The molecule has 0 fully saturated rings. The molecule has 1 rings (SSSR count). The van der Waals surface area contributed by atoms with E-state index in [0.717, 1.165) is 13.3 Å². The van der Waals surface area contributed by atoms with Crippen LogP contribution in [0.1, 0.15) is 23.6 Å². The van der Waals surface area contributed by atoms with Gasteiger partial charge in [0.05, 0.1) is 6.54 Å². The normalized spacial score (nSPS) is 9.84. The van der Waals surface area contributed by atoms with Gasteiger partial charge in [-0.15, -0.1) is 0 Å². The number of nitrogens with one attached hydrogen (secondary N) is 1. The van der Waals surface area contributed by atoms with E-state index in [1.807, 2.05) is 0 Å². The van der Waals surface area contributed by atoms with Gasteiger partial charge >= 0.3 is 0 Å². The number of rotatable bonds is 4. The summed E-state index contributed by atoms with van der Waals surface area (Å²) < 4.78 is 20.7. The lowest BCUT2D eigenvalue weighted by atomic mass is 10.0. The lowest BCUT2D eigenvalue weighted by Crippen LogP contribution is -2.31. The molecule has 0 aliphatic rings. The van der Waals surface area contributed by atoms with Gasteiger partial charge in [0, 0.05) is 6.54 Å². The third-order valence-corrected chi connectivity index (χ3v) is 2.49. The van der Waals surface area contributed by atoms with Crippen molar-refractivity contribution in [2.24, 2.45) is 5.73 Å². The third kappa shape index (κ3) is 9.13. The Morgan fingerprint density at radius 3 is 2.37 bits per heavy atom. The molecule has 0 unspecified atom stereocenters. The van der Waals surface area contributed by atoms with Gasteiger partial charge in [0.2, 0.25) is 12.3 Å². The highest BCUT2D eigenvalue weighted by atomic mass is 19.3.